The van der Waals surface area contributed by atoms with Crippen molar-refractivity contribution in [1.82, 2.24) is 24.9 Å². The average molecular weight is 1350 g/mol. The van der Waals surface area contributed by atoms with Crippen LogP contribution in [-0.2, 0) is 10.8 Å². The standard InChI is InChI=1S/C53H32N2O.C46H27N3O/c1-3-14-33(15-4-1)47-32-48(55-52(54-47)34-16-5-2-6-17-34)37-19-13-18-35(30-37)36-26-29-49-42(31-36)40-27-28-46-50(51(40)56-49)41-22-9-12-25-45(41)53(46)43-23-10-7-20-38(43)39-21-8-11-24-44(39)53;1-3-13-28(14-4-1)43-47-44(29-15-5-2-6-16-29)49-45(48-43)30-23-26-40-35(27-30)33-24-25-39-41(42(33)50-40)34-19-9-12-22-38(34)46(39)36-20-10-7-17-31(36)32-18-8-11-21-37(32)46/h1-32H;1-27H. The van der Waals surface area contributed by atoms with Crippen molar-refractivity contribution in [3.05, 3.63) is 402 Å². The van der Waals surface area contributed by atoms with E-state index in [1.807, 2.05) is 97.1 Å². The molecule has 106 heavy (non-hydrogen) atoms. The topological polar surface area (TPSA) is 90.7 Å². The highest BCUT2D eigenvalue weighted by Gasteiger charge is 2.54. The highest BCUT2D eigenvalue weighted by atomic mass is 16.3. The molecule has 0 unspecified atom stereocenters. The lowest BCUT2D eigenvalue weighted by molar-refractivity contribution is 0.668. The molecule has 23 rings (SSSR count). The van der Waals surface area contributed by atoms with E-state index >= 15 is 0 Å². The second-order valence-electron chi connectivity index (χ2n) is 27.9. The summed E-state index contributed by atoms with van der Waals surface area (Å²) in [6, 6.07) is 127. The summed E-state index contributed by atoms with van der Waals surface area (Å²) in [4.78, 5) is 25.0. The summed E-state index contributed by atoms with van der Waals surface area (Å²) in [6.07, 6.45) is 0. The fraction of sp³-hybridized carbons (Fsp3) is 0.0202. The van der Waals surface area contributed by atoms with Crippen LogP contribution >= 0.6 is 0 Å². The first kappa shape index (κ1) is 59.7. The first-order chi connectivity index (χ1) is 52.5. The molecule has 0 N–H and O–H groups in total. The van der Waals surface area contributed by atoms with Crippen LogP contribution in [0.3, 0.4) is 0 Å². The van der Waals surface area contributed by atoms with Crippen molar-refractivity contribution in [3.8, 4) is 124 Å². The molecule has 0 atom stereocenters. The summed E-state index contributed by atoms with van der Waals surface area (Å²) in [5.41, 5.74) is 33.1. The summed E-state index contributed by atoms with van der Waals surface area (Å²) >= 11 is 0. The van der Waals surface area contributed by atoms with Crippen LogP contribution in [0, 0.1) is 0 Å². The van der Waals surface area contributed by atoms with Crippen LogP contribution in [-0.4, -0.2) is 24.9 Å². The summed E-state index contributed by atoms with van der Waals surface area (Å²) < 4.78 is 13.8. The molecule has 4 heterocycles. The number of hydrogen-bond donors (Lipinski definition) is 0. The molecule has 7 nitrogen and oxygen atoms in total. The van der Waals surface area contributed by atoms with Gasteiger partial charge in [-0.15, -0.1) is 0 Å². The van der Waals surface area contributed by atoms with Gasteiger partial charge in [0.05, 0.1) is 22.2 Å². The zero-order valence-electron chi connectivity index (χ0n) is 57.1. The van der Waals surface area contributed by atoms with Gasteiger partial charge >= 0.3 is 0 Å². The van der Waals surface area contributed by atoms with Crippen LogP contribution in [0.1, 0.15) is 44.5 Å². The molecule has 4 aromatic heterocycles. The summed E-state index contributed by atoms with van der Waals surface area (Å²) in [5.74, 6) is 2.62. The van der Waals surface area contributed by atoms with Gasteiger partial charge in [0, 0.05) is 66.1 Å². The van der Waals surface area contributed by atoms with Gasteiger partial charge in [0.15, 0.2) is 23.3 Å². The molecule has 4 aliphatic carbocycles. The van der Waals surface area contributed by atoms with E-state index in [0.717, 1.165) is 99.8 Å². The Bertz CT molecular complexity index is 6630. The number of fused-ring (bicyclic) bond motifs is 28. The zero-order valence-corrected chi connectivity index (χ0v) is 57.1. The largest absolute Gasteiger partial charge is 0.455 e. The minimum Gasteiger partial charge on any atom is -0.455 e. The fourth-order valence-corrected chi connectivity index (χ4v) is 18.0. The number of nitrogens with zero attached hydrogens (tertiary/aromatic N) is 5. The molecule has 19 aromatic rings. The number of aromatic nitrogens is 5. The quantitative estimate of drug-likeness (QED) is 0.157. The van der Waals surface area contributed by atoms with Crippen molar-refractivity contribution >= 4 is 43.9 Å². The van der Waals surface area contributed by atoms with E-state index in [-0.39, 0.29) is 0 Å². The third-order valence-electron chi connectivity index (χ3n) is 22.5. The predicted octanol–water partition coefficient (Wildman–Crippen LogP) is 24.5. The highest BCUT2D eigenvalue weighted by Crippen LogP contribution is 2.66. The minimum absolute atomic E-state index is 0.403. The maximum atomic E-state index is 6.91. The number of benzene rings is 15. The summed E-state index contributed by atoms with van der Waals surface area (Å²) in [7, 11) is 0. The van der Waals surface area contributed by atoms with Crippen molar-refractivity contribution < 1.29 is 8.83 Å². The number of furan rings is 2. The molecule has 492 valence electrons. The lowest BCUT2D eigenvalue weighted by Gasteiger charge is -2.30. The molecule has 0 saturated heterocycles. The van der Waals surface area contributed by atoms with Gasteiger partial charge in [-0.2, -0.15) is 0 Å². The van der Waals surface area contributed by atoms with E-state index in [2.05, 4.69) is 261 Å². The molecule has 7 heteroatoms. The SMILES string of the molecule is c1ccc(-c2cc(-c3cccc(-c4ccc5oc6c7c(ccc6c5c4)C4(c5ccccc5-c5ccccc54)c4ccccc4-7)c3)nc(-c3ccccc3)n2)cc1.c1ccc(-c2nc(-c3ccccc3)nc(-c3ccc4oc5c6c(ccc5c4c3)C3(c4ccccc4-c4ccccc43)c3ccccc3-6)n2)cc1. The Hall–Kier alpha value is -14.0. The maximum Gasteiger partial charge on any atom is 0.164 e. The Labute approximate surface area is 610 Å². The Kier molecular flexibility index (Phi) is 13.1. The third-order valence-corrected chi connectivity index (χ3v) is 22.5. The van der Waals surface area contributed by atoms with Gasteiger partial charge < -0.3 is 8.83 Å². The van der Waals surface area contributed by atoms with Gasteiger partial charge in [0.2, 0.25) is 0 Å². The lowest BCUT2D eigenvalue weighted by Crippen LogP contribution is -2.25. The lowest BCUT2D eigenvalue weighted by atomic mass is 9.70. The van der Waals surface area contributed by atoms with Crippen molar-refractivity contribution in [3.63, 3.8) is 0 Å². The predicted molar refractivity (Wildman–Crippen MR) is 427 cm³/mol. The second kappa shape index (κ2) is 23.3. The van der Waals surface area contributed by atoms with Crippen molar-refractivity contribution in [1.29, 1.82) is 0 Å². The van der Waals surface area contributed by atoms with E-state index in [1.165, 1.54) is 89.0 Å². The Morgan fingerprint density at radius 1 is 0.189 bits per heavy atom. The molecule has 0 bridgehead atoms. The molecular weight excluding hydrogens is 1290 g/mol. The van der Waals surface area contributed by atoms with Crippen LogP contribution in [0.2, 0.25) is 0 Å². The van der Waals surface area contributed by atoms with Crippen LogP contribution in [0.5, 0.6) is 0 Å². The van der Waals surface area contributed by atoms with Crippen molar-refractivity contribution in [2.45, 2.75) is 10.8 Å². The maximum absolute atomic E-state index is 6.91. The Morgan fingerprint density at radius 2 is 0.500 bits per heavy atom. The fourth-order valence-electron chi connectivity index (χ4n) is 18.0. The normalized spacial score (nSPS) is 13.2. The van der Waals surface area contributed by atoms with E-state index in [0.29, 0.717) is 23.3 Å². The van der Waals surface area contributed by atoms with E-state index < -0.39 is 10.8 Å². The number of hydrogen-bond acceptors (Lipinski definition) is 7. The highest BCUT2D eigenvalue weighted by molar-refractivity contribution is 6.16. The van der Waals surface area contributed by atoms with Gasteiger partial charge in [-0.1, -0.05) is 315 Å². The third kappa shape index (κ3) is 8.71. The average Bonchev–Trinajstić information content (AvgIpc) is 1.51. The second-order valence-corrected chi connectivity index (χ2v) is 27.9. The van der Waals surface area contributed by atoms with Crippen molar-refractivity contribution in [2.75, 3.05) is 0 Å². The molecule has 0 saturated carbocycles. The van der Waals surface area contributed by atoms with Gasteiger partial charge in [-0.3, -0.25) is 0 Å². The molecule has 0 aliphatic heterocycles. The Morgan fingerprint density at radius 3 is 0.934 bits per heavy atom. The van der Waals surface area contributed by atoms with Crippen molar-refractivity contribution in [2.24, 2.45) is 0 Å². The minimum atomic E-state index is -0.413. The van der Waals surface area contributed by atoms with Crippen LogP contribution in [0.15, 0.2) is 367 Å². The molecule has 0 radical (unpaired) electrons. The molecule has 0 fully saturated rings. The van der Waals surface area contributed by atoms with Gasteiger partial charge in [-0.05, 0) is 131 Å². The first-order valence-corrected chi connectivity index (χ1v) is 36.1. The van der Waals surface area contributed by atoms with Crippen LogP contribution < -0.4 is 0 Å². The van der Waals surface area contributed by atoms with Crippen LogP contribution in [0.25, 0.3) is 168 Å². The molecule has 2 spiro atoms. The first-order valence-electron chi connectivity index (χ1n) is 36.1. The van der Waals surface area contributed by atoms with Gasteiger partial charge in [0.25, 0.3) is 0 Å². The molecular formula is C99H59N5O2. The van der Waals surface area contributed by atoms with Gasteiger partial charge in [0.1, 0.15) is 22.3 Å². The smallest absolute Gasteiger partial charge is 0.164 e. The summed E-state index contributed by atoms with van der Waals surface area (Å²) in [6.45, 7) is 0. The van der Waals surface area contributed by atoms with E-state index in [4.69, 9.17) is 33.8 Å². The molecule has 0 amide bonds. The van der Waals surface area contributed by atoms with Gasteiger partial charge in [-0.25, -0.2) is 24.9 Å². The summed E-state index contributed by atoms with van der Waals surface area (Å²) in [5, 5.41) is 4.34. The molecule has 4 aliphatic rings. The zero-order chi connectivity index (χ0) is 69.6. The Balaban J connectivity index is 0.000000133. The van der Waals surface area contributed by atoms with E-state index in [9.17, 15) is 0 Å². The van der Waals surface area contributed by atoms with Crippen LogP contribution in [0.4, 0.5) is 0 Å². The monoisotopic (exact) mass is 1350 g/mol. The van der Waals surface area contributed by atoms with E-state index in [1.54, 1.807) is 0 Å². The number of rotatable bonds is 7. The molecule has 15 aromatic carbocycles.